The lowest BCUT2D eigenvalue weighted by Crippen LogP contribution is -2.21. The zero-order valence-corrected chi connectivity index (χ0v) is 10.8. The molecule has 1 unspecified atom stereocenters. The van der Waals surface area contributed by atoms with Crippen LogP contribution in [0.25, 0.3) is 0 Å². The second kappa shape index (κ2) is 3.99. The number of benzene rings is 1. The monoisotopic (exact) mass is 279 g/mol. The van der Waals surface area contributed by atoms with Crippen molar-refractivity contribution in [2.45, 2.75) is 12.5 Å². The number of sulfone groups is 1. The molecule has 1 aromatic carbocycles. The summed E-state index contributed by atoms with van der Waals surface area (Å²) in [4.78, 5) is 11.3. The first-order chi connectivity index (χ1) is 8.93. The fourth-order valence-corrected chi connectivity index (χ4v) is 3.52. The van der Waals surface area contributed by atoms with E-state index in [1.165, 1.54) is 5.41 Å². The molecule has 2 aliphatic heterocycles. The summed E-state index contributed by atoms with van der Waals surface area (Å²) in [6.07, 6.45) is 1.93. The number of nitrogens with one attached hydrogen (secondary N) is 2. The van der Waals surface area contributed by atoms with Crippen LogP contribution in [0, 0.1) is 0 Å². The molecule has 3 rings (SSSR count). The minimum absolute atomic E-state index is 0.0237. The quantitative estimate of drug-likeness (QED) is 0.684. The highest BCUT2D eigenvalue weighted by atomic mass is 32.2. The third-order valence-electron chi connectivity index (χ3n) is 3.17. The van der Waals surface area contributed by atoms with Gasteiger partial charge in [0.2, 0.25) is 5.91 Å². The van der Waals surface area contributed by atoms with Gasteiger partial charge in [0, 0.05) is 11.1 Å². The number of hydrogen-bond acceptors (Lipinski definition) is 5. The topological polar surface area (TPSA) is 101 Å². The Morgan fingerprint density at radius 3 is 2.84 bits per heavy atom. The molecule has 2 heterocycles. The molecular formula is C12H13N3O3S. The standard InChI is InChI=1S/C12H13N3O3S/c13-9-3-7-4-12(16)15-10(7)5-11(9)14-8-1-2-19(17,18)6-8/h1-3,5,8,14H,4,6,13H2,(H,15,16). The third kappa shape index (κ3) is 2.28. The first kappa shape index (κ1) is 12.0. The van der Waals surface area contributed by atoms with Gasteiger partial charge in [-0.3, -0.25) is 4.79 Å². The normalized spacial score (nSPS) is 23.2. The first-order valence-electron chi connectivity index (χ1n) is 5.83. The van der Waals surface area contributed by atoms with Gasteiger partial charge in [-0.1, -0.05) is 6.08 Å². The molecule has 0 spiro atoms. The lowest BCUT2D eigenvalue weighted by atomic mass is 10.1. The highest BCUT2D eigenvalue weighted by molar-refractivity contribution is 7.94. The second-order valence-electron chi connectivity index (χ2n) is 4.73. The van der Waals surface area contributed by atoms with E-state index in [2.05, 4.69) is 10.6 Å². The van der Waals surface area contributed by atoms with E-state index in [-0.39, 0.29) is 17.7 Å². The molecule has 0 aromatic heterocycles. The summed E-state index contributed by atoms with van der Waals surface area (Å²) >= 11 is 0. The largest absolute Gasteiger partial charge is 0.397 e. The number of nitrogen functional groups attached to an aromatic ring is 1. The summed E-state index contributed by atoms with van der Waals surface area (Å²) in [5.41, 5.74) is 8.64. The zero-order valence-electron chi connectivity index (χ0n) is 10.0. The highest BCUT2D eigenvalue weighted by Crippen LogP contribution is 2.32. The van der Waals surface area contributed by atoms with Gasteiger partial charge in [-0.2, -0.15) is 0 Å². The first-order valence-corrected chi connectivity index (χ1v) is 7.54. The highest BCUT2D eigenvalue weighted by Gasteiger charge is 2.24. The van der Waals surface area contributed by atoms with Gasteiger partial charge in [0.25, 0.3) is 0 Å². The van der Waals surface area contributed by atoms with Crippen molar-refractivity contribution in [3.05, 3.63) is 29.2 Å². The minimum Gasteiger partial charge on any atom is -0.397 e. The van der Waals surface area contributed by atoms with E-state index in [9.17, 15) is 13.2 Å². The Morgan fingerprint density at radius 2 is 2.16 bits per heavy atom. The number of amides is 1. The zero-order chi connectivity index (χ0) is 13.6. The van der Waals surface area contributed by atoms with Gasteiger partial charge in [-0.05, 0) is 17.7 Å². The van der Waals surface area contributed by atoms with Crippen LogP contribution >= 0.6 is 0 Å². The Kier molecular flexibility index (Phi) is 2.53. The Labute approximate surface area is 110 Å². The van der Waals surface area contributed by atoms with Gasteiger partial charge in [-0.25, -0.2) is 8.42 Å². The van der Waals surface area contributed by atoms with Crippen molar-refractivity contribution in [1.82, 2.24) is 0 Å². The average molecular weight is 279 g/mol. The Morgan fingerprint density at radius 1 is 1.37 bits per heavy atom. The molecular weight excluding hydrogens is 266 g/mol. The Hall–Kier alpha value is -2.02. The molecule has 1 atom stereocenters. The van der Waals surface area contributed by atoms with Crippen LogP contribution in [0.3, 0.4) is 0 Å². The molecule has 0 fully saturated rings. The van der Waals surface area contributed by atoms with Gasteiger partial charge in [0.15, 0.2) is 9.84 Å². The third-order valence-corrected chi connectivity index (χ3v) is 4.57. The molecule has 100 valence electrons. The SMILES string of the molecule is Nc1cc2c(cc1NC1C=CS(=O)(=O)C1)NC(=O)C2. The van der Waals surface area contributed by atoms with E-state index < -0.39 is 9.84 Å². The number of hydrogen-bond donors (Lipinski definition) is 3. The van der Waals surface area contributed by atoms with E-state index >= 15 is 0 Å². The number of nitrogens with two attached hydrogens (primary N) is 1. The molecule has 0 bridgehead atoms. The average Bonchev–Trinajstić information content (AvgIpc) is 2.81. The van der Waals surface area contributed by atoms with Crippen molar-refractivity contribution >= 4 is 32.8 Å². The maximum absolute atomic E-state index is 11.3. The van der Waals surface area contributed by atoms with Gasteiger partial charge in [-0.15, -0.1) is 0 Å². The van der Waals surface area contributed by atoms with Crippen LogP contribution in [-0.4, -0.2) is 26.1 Å². The molecule has 2 aliphatic rings. The summed E-state index contributed by atoms with van der Waals surface area (Å²) in [5.74, 6) is -0.0366. The molecule has 1 aromatic rings. The fourth-order valence-electron chi connectivity index (χ4n) is 2.28. The number of anilines is 3. The van der Waals surface area contributed by atoms with Crippen molar-refractivity contribution in [3.8, 4) is 0 Å². The van der Waals surface area contributed by atoms with Gasteiger partial charge in [0.1, 0.15) is 0 Å². The van der Waals surface area contributed by atoms with Crippen molar-refractivity contribution in [2.24, 2.45) is 0 Å². The predicted octanol–water partition coefficient (Wildman–Crippen LogP) is 0.486. The molecule has 19 heavy (non-hydrogen) atoms. The van der Waals surface area contributed by atoms with E-state index in [1.807, 2.05) is 0 Å². The summed E-state index contributed by atoms with van der Waals surface area (Å²) in [6, 6.07) is 3.19. The Bertz CT molecular complexity index is 694. The van der Waals surface area contributed by atoms with Crippen LogP contribution in [0.2, 0.25) is 0 Å². The van der Waals surface area contributed by atoms with E-state index in [0.29, 0.717) is 17.8 Å². The summed E-state index contributed by atoms with van der Waals surface area (Å²) in [7, 11) is -3.10. The molecule has 0 saturated carbocycles. The molecule has 0 aliphatic carbocycles. The van der Waals surface area contributed by atoms with Gasteiger partial charge >= 0.3 is 0 Å². The van der Waals surface area contributed by atoms with Crippen LogP contribution in [0.1, 0.15) is 5.56 Å². The van der Waals surface area contributed by atoms with E-state index in [1.54, 1.807) is 18.2 Å². The smallest absolute Gasteiger partial charge is 0.228 e. The van der Waals surface area contributed by atoms with Crippen LogP contribution in [-0.2, 0) is 21.1 Å². The second-order valence-corrected chi connectivity index (χ2v) is 6.66. The molecule has 6 nitrogen and oxygen atoms in total. The predicted molar refractivity (Wildman–Crippen MR) is 73.5 cm³/mol. The van der Waals surface area contributed by atoms with Crippen LogP contribution < -0.4 is 16.4 Å². The summed E-state index contributed by atoms with van der Waals surface area (Å²) < 4.78 is 22.7. The van der Waals surface area contributed by atoms with Crippen molar-refractivity contribution in [1.29, 1.82) is 0 Å². The maximum atomic E-state index is 11.3. The summed E-state index contributed by atoms with van der Waals surface area (Å²) in [6.45, 7) is 0. The van der Waals surface area contributed by atoms with Crippen LogP contribution in [0.5, 0.6) is 0 Å². The molecule has 1 amide bonds. The van der Waals surface area contributed by atoms with Gasteiger partial charge < -0.3 is 16.4 Å². The molecule has 0 saturated heterocycles. The number of fused-ring (bicyclic) bond motifs is 1. The van der Waals surface area contributed by atoms with E-state index in [0.717, 1.165) is 11.3 Å². The lowest BCUT2D eigenvalue weighted by Gasteiger charge is -2.15. The van der Waals surface area contributed by atoms with Gasteiger partial charge in [0.05, 0.1) is 29.6 Å². The summed E-state index contributed by atoms with van der Waals surface area (Å²) in [5, 5.41) is 7.01. The number of carbonyl (C=O) groups is 1. The lowest BCUT2D eigenvalue weighted by molar-refractivity contribution is -0.115. The molecule has 4 N–H and O–H groups in total. The fraction of sp³-hybridized carbons (Fsp3) is 0.250. The van der Waals surface area contributed by atoms with E-state index in [4.69, 9.17) is 5.73 Å². The van der Waals surface area contributed by atoms with Crippen molar-refractivity contribution in [2.75, 3.05) is 22.1 Å². The number of carbonyl (C=O) groups excluding carboxylic acids is 1. The Balaban J connectivity index is 1.85. The number of rotatable bonds is 2. The molecule has 7 heteroatoms. The molecule has 0 radical (unpaired) electrons. The van der Waals surface area contributed by atoms with Crippen LogP contribution in [0.4, 0.5) is 17.1 Å². The van der Waals surface area contributed by atoms with Crippen LogP contribution in [0.15, 0.2) is 23.6 Å². The van der Waals surface area contributed by atoms with Crippen molar-refractivity contribution in [3.63, 3.8) is 0 Å². The maximum Gasteiger partial charge on any atom is 0.228 e. The minimum atomic E-state index is -3.10. The van der Waals surface area contributed by atoms with Crippen molar-refractivity contribution < 1.29 is 13.2 Å².